The maximum absolute atomic E-state index is 12.1. The lowest BCUT2D eigenvalue weighted by atomic mass is 10.1. The smallest absolute Gasteiger partial charge is 0.491 e. The molecule has 0 unspecified atom stereocenters. The van der Waals surface area contributed by atoms with E-state index in [1.807, 2.05) is 0 Å². The van der Waals surface area contributed by atoms with Gasteiger partial charge in [0.2, 0.25) is 0 Å². The summed E-state index contributed by atoms with van der Waals surface area (Å²) < 4.78 is 44.6. The van der Waals surface area contributed by atoms with Crippen molar-refractivity contribution in [3.8, 4) is 17.7 Å². The first-order valence-electron chi connectivity index (χ1n) is 4.63. The van der Waals surface area contributed by atoms with Crippen molar-refractivity contribution in [1.82, 2.24) is 4.98 Å². The number of nitrogens with zero attached hydrogens (tertiary/aromatic N) is 3. The molecule has 0 aliphatic rings. The van der Waals surface area contributed by atoms with Crippen molar-refractivity contribution in [2.75, 3.05) is 7.11 Å². The normalized spacial score (nSPS) is 10.7. The molecule has 1 aromatic heterocycles. The van der Waals surface area contributed by atoms with Crippen LogP contribution in [0.25, 0.3) is 0 Å². The van der Waals surface area contributed by atoms with Crippen LogP contribution in [0, 0.1) is 21.4 Å². The van der Waals surface area contributed by atoms with Crippen LogP contribution in [0.4, 0.5) is 18.9 Å². The number of nitriles is 1. The molecule has 1 aromatic rings. The summed E-state index contributed by atoms with van der Waals surface area (Å²) in [5.74, 6) is -1.57. The van der Waals surface area contributed by atoms with E-state index in [0.717, 1.165) is 7.11 Å². The third-order valence-electron chi connectivity index (χ3n) is 1.95. The zero-order chi connectivity index (χ0) is 14.6. The fraction of sp³-hybridized carbons (Fsp3) is 0.333. The van der Waals surface area contributed by atoms with Gasteiger partial charge in [-0.1, -0.05) is 0 Å². The molecular weight excluding hydrogens is 271 g/mol. The zero-order valence-corrected chi connectivity index (χ0v) is 9.39. The second-order valence-corrected chi connectivity index (χ2v) is 3.10. The standard InChI is InChI=1S/C9H6F3N3O4/c1-18-7-5(2-3-13)6(15(16)17)4-14-8(7)19-9(10,11)12/h4H,2H2,1H3. The molecule has 19 heavy (non-hydrogen) atoms. The number of ether oxygens (including phenoxy) is 2. The van der Waals surface area contributed by atoms with Crippen LogP contribution in [-0.2, 0) is 6.42 Å². The van der Waals surface area contributed by atoms with Gasteiger partial charge in [0, 0.05) is 0 Å². The molecule has 1 heterocycles. The Bertz CT molecular complexity index is 539. The summed E-state index contributed by atoms with van der Waals surface area (Å²) in [6, 6.07) is 1.60. The van der Waals surface area contributed by atoms with Gasteiger partial charge in [0.1, 0.15) is 6.20 Å². The molecule has 0 atom stereocenters. The number of alkyl halides is 3. The quantitative estimate of drug-likeness (QED) is 0.616. The fourth-order valence-electron chi connectivity index (χ4n) is 1.30. The minimum atomic E-state index is -5.03. The third-order valence-corrected chi connectivity index (χ3v) is 1.95. The molecular formula is C9H6F3N3O4. The molecule has 7 nitrogen and oxygen atoms in total. The molecule has 1 rings (SSSR count). The Morgan fingerprint density at radius 2 is 2.21 bits per heavy atom. The lowest BCUT2D eigenvalue weighted by Crippen LogP contribution is -2.19. The Balaban J connectivity index is 3.41. The van der Waals surface area contributed by atoms with Crippen molar-refractivity contribution in [2.24, 2.45) is 0 Å². The van der Waals surface area contributed by atoms with Crippen LogP contribution in [-0.4, -0.2) is 23.4 Å². The molecule has 0 aliphatic heterocycles. The van der Waals surface area contributed by atoms with Crippen LogP contribution >= 0.6 is 0 Å². The first-order chi connectivity index (χ1) is 8.80. The van der Waals surface area contributed by atoms with E-state index in [9.17, 15) is 23.3 Å². The van der Waals surface area contributed by atoms with Gasteiger partial charge in [0.05, 0.1) is 30.1 Å². The largest absolute Gasteiger partial charge is 0.574 e. The van der Waals surface area contributed by atoms with Crippen molar-refractivity contribution in [2.45, 2.75) is 12.8 Å². The highest BCUT2D eigenvalue weighted by molar-refractivity contribution is 5.54. The van der Waals surface area contributed by atoms with Gasteiger partial charge in [-0.15, -0.1) is 13.2 Å². The molecule has 0 saturated heterocycles. The lowest BCUT2D eigenvalue weighted by molar-refractivity contribution is -0.386. The van der Waals surface area contributed by atoms with Crippen molar-refractivity contribution in [3.63, 3.8) is 0 Å². The van der Waals surface area contributed by atoms with E-state index in [4.69, 9.17) is 5.26 Å². The van der Waals surface area contributed by atoms with E-state index in [2.05, 4.69) is 14.5 Å². The first-order valence-corrected chi connectivity index (χ1v) is 4.63. The highest BCUT2D eigenvalue weighted by Crippen LogP contribution is 2.37. The SMILES string of the molecule is COc1c(OC(F)(F)F)ncc([N+](=O)[O-])c1CC#N. The second-order valence-electron chi connectivity index (χ2n) is 3.10. The predicted octanol–water partition coefficient (Wildman–Crippen LogP) is 1.96. The zero-order valence-electron chi connectivity index (χ0n) is 9.39. The van der Waals surface area contributed by atoms with E-state index in [1.165, 1.54) is 0 Å². The van der Waals surface area contributed by atoms with Crippen molar-refractivity contribution < 1.29 is 27.6 Å². The highest BCUT2D eigenvalue weighted by Gasteiger charge is 2.35. The van der Waals surface area contributed by atoms with E-state index in [0.29, 0.717) is 6.20 Å². The second kappa shape index (κ2) is 5.38. The van der Waals surface area contributed by atoms with Gasteiger partial charge >= 0.3 is 6.36 Å². The number of hydrogen-bond acceptors (Lipinski definition) is 6. The molecule has 0 N–H and O–H groups in total. The molecule has 0 spiro atoms. The van der Waals surface area contributed by atoms with Crippen molar-refractivity contribution in [1.29, 1.82) is 5.26 Å². The van der Waals surface area contributed by atoms with Gasteiger partial charge in [-0.05, 0) is 0 Å². The average Bonchev–Trinajstić information content (AvgIpc) is 2.27. The Morgan fingerprint density at radius 1 is 1.58 bits per heavy atom. The van der Waals surface area contributed by atoms with Gasteiger partial charge in [0.15, 0.2) is 5.75 Å². The Labute approximate surface area is 104 Å². The summed E-state index contributed by atoms with van der Waals surface area (Å²) in [6.45, 7) is 0. The van der Waals surface area contributed by atoms with Crippen LogP contribution < -0.4 is 9.47 Å². The molecule has 0 bridgehead atoms. The molecule has 0 radical (unpaired) electrons. The van der Waals surface area contributed by atoms with Gasteiger partial charge < -0.3 is 9.47 Å². The summed E-state index contributed by atoms with van der Waals surface area (Å²) in [5.41, 5.74) is -0.947. The topological polar surface area (TPSA) is 98.3 Å². The highest BCUT2D eigenvalue weighted by atomic mass is 19.4. The third kappa shape index (κ3) is 3.44. The number of rotatable bonds is 4. The Kier molecular flexibility index (Phi) is 4.11. The van der Waals surface area contributed by atoms with E-state index >= 15 is 0 Å². The van der Waals surface area contributed by atoms with Gasteiger partial charge in [-0.2, -0.15) is 5.26 Å². The molecule has 0 aromatic carbocycles. The molecule has 0 saturated carbocycles. The first kappa shape index (κ1) is 14.5. The maximum Gasteiger partial charge on any atom is 0.574 e. The summed E-state index contributed by atoms with van der Waals surface area (Å²) in [7, 11) is 0.991. The predicted molar refractivity (Wildman–Crippen MR) is 53.4 cm³/mol. The van der Waals surface area contributed by atoms with Crippen LogP contribution in [0.15, 0.2) is 6.20 Å². The molecule has 0 aliphatic carbocycles. The summed E-state index contributed by atoms with van der Waals surface area (Å²) in [4.78, 5) is 13.0. The number of hydrogen-bond donors (Lipinski definition) is 0. The maximum atomic E-state index is 12.1. The van der Waals surface area contributed by atoms with Gasteiger partial charge in [0.25, 0.3) is 11.6 Å². The summed E-state index contributed by atoms with van der Waals surface area (Å²) in [6.07, 6.45) is -4.97. The monoisotopic (exact) mass is 277 g/mol. The number of halogens is 3. The van der Waals surface area contributed by atoms with Gasteiger partial charge in [-0.25, -0.2) is 4.98 Å². The van der Waals surface area contributed by atoms with E-state index in [-0.39, 0.29) is 5.56 Å². The Hall–Kier alpha value is -2.57. The van der Waals surface area contributed by atoms with Crippen LogP contribution in [0.3, 0.4) is 0 Å². The molecule has 102 valence electrons. The van der Waals surface area contributed by atoms with Crippen molar-refractivity contribution >= 4 is 5.69 Å². The average molecular weight is 277 g/mol. The van der Waals surface area contributed by atoms with Crippen LogP contribution in [0.1, 0.15) is 5.56 Å². The number of nitro groups is 1. The molecule has 0 amide bonds. The number of methoxy groups -OCH3 is 1. The van der Waals surface area contributed by atoms with Crippen LogP contribution in [0.5, 0.6) is 11.6 Å². The van der Waals surface area contributed by atoms with E-state index < -0.39 is 35.0 Å². The summed E-state index contributed by atoms with van der Waals surface area (Å²) >= 11 is 0. The number of pyridine rings is 1. The minimum Gasteiger partial charge on any atom is -0.491 e. The van der Waals surface area contributed by atoms with Crippen molar-refractivity contribution in [3.05, 3.63) is 21.9 Å². The fourth-order valence-corrected chi connectivity index (χ4v) is 1.30. The lowest BCUT2D eigenvalue weighted by Gasteiger charge is -2.13. The van der Waals surface area contributed by atoms with Gasteiger partial charge in [-0.3, -0.25) is 10.1 Å². The minimum absolute atomic E-state index is 0.329. The molecule has 0 fully saturated rings. The molecule has 10 heteroatoms. The van der Waals surface area contributed by atoms with E-state index in [1.54, 1.807) is 6.07 Å². The van der Waals surface area contributed by atoms with Crippen LogP contribution in [0.2, 0.25) is 0 Å². The summed E-state index contributed by atoms with van der Waals surface area (Å²) in [5, 5.41) is 19.3. The Morgan fingerprint density at radius 3 is 2.63 bits per heavy atom. The number of aromatic nitrogens is 1.